The molecule has 0 saturated heterocycles. The molecule has 0 spiro atoms. The molecule has 0 aliphatic carbocycles. The van der Waals surface area contributed by atoms with Crippen molar-refractivity contribution in [3.8, 4) is 21.9 Å². The number of carbonyl (C=O) groups excluding carboxylic acids is 1. The van der Waals surface area contributed by atoms with Crippen LogP contribution < -0.4 is 14.8 Å². The molecular weight excluding hydrogens is 438 g/mol. The van der Waals surface area contributed by atoms with Gasteiger partial charge in [-0.05, 0) is 30.5 Å². The number of rotatable bonds is 7. The van der Waals surface area contributed by atoms with Crippen molar-refractivity contribution in [3.63, 3.8) is 0 Å². The third-order valence-corrected chi connectivity index (χ3v) is 7.07. The standard InChI is InChI=1S/C21H19N3O3S3/c1-12-22-20-19(14(10-29-20)17-5-4-8-28-17)21(23-12)30-11-18(25)24-15-9-13(26-2)6-7-16(15)27-3/h4-10H,11H2,1-3H3,(H,24,25). The molecule has 0 saturated carbocycles. The number of benzene rings is 1. The van der Waals surface area contributed by atoms with Gasteiger partial charge in [0.05, 0.1) is 31.0 Å². The number of hydrogen-bond acceptors (Lipinski definition) is 8. The van der Waals surface area contributed by atoms with Crippen LogP contribution in [0.3, 0.4) is 0 Å². The predicted octanol–water partition coefficient (Wildman–Crippen LogP) is 5.48. The molecule has 4 rings (SSSR count). The fourth-order valence-corrected chi connectivity index (χ4v) is 5.72. The summed E-state index contributed by atoms with van der Waals surface area (Å²) in [5.74, 6) is 1.98. The second-order valence-corrected chi connectivity index (χ2v) is 9.06. The summed E-state index contributed by atoms with van der Waals surface area (Å²) in [6, 6.07) is 9.40. The topological polar surface area (TPSA) is 73.3 Å². The lowest BCUT2D eigenvalue weighted by molar-refractivity contribution is -0.113. The van der Waals surface area contributed by atoms with E-state index in [9.17, 15) is 4.79 Å². The molecule has 4 aromatic rings. The number of ether oxygens (including phenoxy) is 2. The molecule has 0 atom stereocenters. The van der Waals surface area contributed by atoms with Gasteiger partial charge in [-0.2, -0.15) is 0 Å². The Morgan fingerprint density at radius 1 is 1.17 bits per heavy atom. The first-order valence-electron chi connectivity index (χ1n) is 9.03. The Bertz CT molecular complexity index is 1190. The molecule has 3 aromatic heterocycles. The fourth-order valence-electron chi connectivity index (χ4n) is 2.96. The van der Waals surface area contributed by atoms with E-state index in [1.807, 2.05) is 13.0 Å². The monoisotopic (exact) mass is 457 g/mol. The van der Waals surface area contributed by atoms with Gasteiger partial charge in [-0.1, -0.05) is 17.8 Å². The van der Waals surface area contributed by atoms with E-state index in [0.717, 1.165) is 20.8 Å². The van der Waals surface area contributed by atoms with Crippen LogP contribution in [0.25, 0.3) is 20.7 Å². The van der Waals surface area contributed by atoms with E-state index < -0.39 is 0 Å². The molecule has 0 radical (unpaired) electrons. The van der Waals surface area contributed by atoms with Crippen LogP contribution in [-0.4, -0.2) is 35.8 Å². The van der Waals surface area contributed by atoms with Gasteiger partial charge >= 0.3 is 0 Å². The normalized spacial score (nSPS) is 10.9. The smallest absolute Gasteiger partial charge is 0.234 e. The van der Waals surface area contributed by atoms with Crippen LogP contribution in [0.4, 0.5) is 5.69 Å². The number of hydrogen-bond donors (Lipinski definition) is 1. The third-order valence-electron chi connectivity index (χ3n) is 4.32. The first-order chi connectivity index (χ1) is 14.6. The molecule has 6 nitrogen and oxygen atoms in total. The molecule has 0 aliphatic rings. The van der Waals surface area contributed by atoms with Gasteiger partial charge in [-0.3, -0.25) is 4.79 Å². The highest BCUT2D eigenvalue weighted by molar-refractivity contribution is 8.00. The Morgan fingerprint density at radius 3 is 2.77 bits per heavy atom. The number of anilines is 1. The molecule has 3 heterocycles. The first kappa shape index (κ1) is 20.6. The van der Waals surface area contributed by atoms with Crippen molar-refractivity contribution >= 4 is 56.2 Å². The molecule has 9 heteroatoms. The van der Waals surface area contributed by atoms with Crippen LogP contribution in [0, 0.1) is 6.92 Å². The number of amides is 1. The summed E-state index contributed by atoms with van der Waals surface area (Å²) in [5.41, 5.74) is 1.68. The van der Waals surface area contributed by atoms with Crippen LogP contribution in [0.1, 0.15) is 5.82 Å². The number of aromatic nitrogens is 2. The second kappa shape index (κ2) is 9.03. The van der Waals surface area contributed by atoms with Crippen molar-refractivity contribution < 1.29 is 14.3 Å². The Labute approximate surface area is 186 Å². The lowest BCUT2D eigenvalue weighted by Gasteiger charge is -2.12. The summed E-state index contributed by atoms with van der Waals surface area (Å²) in [7, 11) is 3.15. The average Bonchev–Trinajstić information content (AvgIpc) is 3.41. The third kappa shape index (κ3) is 4.28. The van der Waals surface area contributed by atoms with Crippen molar-refractivity contribution in [2.75, 3.05) is 25.3 Å². The quantitative estimate of drug-likeness (QED) is 0.293. The Balaban J connectivity index is 1.57. The van der Waals surface area contributed by atoms with Gasteiger partial charge < -0.3 is 14.8 Å². The number of methoxy groups -OCH3 is 2. The van der Waals surface area contributed by atoms with Gasteiger partial charge in [-0.25, -0.2) is 9.97 Å². The Morgan fingerprint density at radius 2 is 2.03 bits per heavy atom. The summed E-state index contributed by atoms with van der Waals surface area (Å²) >= 11 is 4.68. The van der Waals surface area contributed by atoms with Crippen molar-refractivity contribution in [2.45, 2.75) is 11.9 Å². The number of nitrogens with zero attached hydrogens (tertiary/aromatic N) is 2. The van der Waals surface area contributed by atoms with Crippen LogP contribution in [0.15, 0.2) is 46.1 Å². The molecule has 154 valence electrons. The molecular formula is C21H19N3O3S3. The van der Waals surface area contributed by atoms with Gasteiger partial charge in [0.15, 0.2) is 0 Å². The second-order valence-electron chi connectivity index (χ2n) is 6.29. The zero-order valence-electron chi connectivity index (χ0n) is 16.6. The van der Waals surface area contributed by atoms with E-state index in [4.69, 9.17) is 9.47 Å². The maximum absolute atomic E-state index is 12.7. The number of carbonyl (C=O) groups is 1. The molecule has 30 heavy (non-hydrogen) atoms. The highest BCUT2D eigenvalue weighted by Gasteiger charge is 2.17. The molecule has 1 N–H and O–H groups in total. The van der Waals surface area contributed by atoms with E-state index >= 15 is 0 Å². The minimum absolute atomic E-state index is 0.149. The highest BCUT2D eigenvalue weighted by atomic mass is 32.2. The summed E-state index contributed by atoms with van der Waals surface area (Å²) in [4.78, 5) is 24.0. The molecule has 0 fully saturated rings. The van der Waals surface area contributed by atoms with Crippen molar-refractivity contribution in [1.29, 1.82) is 0 Å². The highest BCUT2D eigenvalue weighted by Crippen LogP contribution is 2.40. The van der Waals surface area contributed by atoms with Gasteiger partial charge in [0.2, 0.25) is 5.91 Å². The van der Waals surface area contributed by atoms with E-state index in [-0.39, 0.29) is 11.7 Å². The van der Waals surface area contributed by atoms with E-state index in [0.29, 0.717) is 23.0 Å². The Kier molecular flexibility index (Phi) is 6.21. The van der Waals surface area contributed by atoms with Gasteiger partial charge in [0, 0.05) is 21.9 Å². The van der Waals surface area contributed by atoms with Crippen LogP contribution in [-0.2, 0) is 4.79 Å². The number of nitrogens with one attached hydrogen (secondary N) is 1. The van der Waals surface area contributed by atoms with Crippen LogP contribution in [0.5, 0.6) is 11.5 Å². The average molecular weight is 458 g/mol. The zero-order valence-corrected chi connectivity index (χ0v) is 19.0. The number of aryl methyl sites for hydroxylation is 1. The molecule has 1 aromatic carbocycles. The SMILES string of the molecule is COc1ccc(OC)c(NC(=O)CSc2nc(C)nc3scc(-c4cccs4)c23)c1. The van der Waals surface area contributed by atoms with E-state index in [1.54, 1.807) is 55.1 Å². The van der Waals surface area contributed by atoms with Crippen molar-refractivity contribution in [3.05, 3.63) is 46.9 Å². The zero-order chi connectivity index (χ0) is 21.1. The summed E-state index contributed by atoms with van der Waals surface area (Å²) in [5, 5.41) is 8.88. The fraction of sp³-hybridized carbons (Fsp3) is 0.190. The van der Waals surface area contributed by atoms with Crippen molar-refractivity contribution in [1.82, 2.24) is 9.97 Å². The number of thiophene rings is 2. The lowest BCUT2D eigenvalue weighted by Crippen LogP contribution is -2.15. The Hall–Kier alpha value is -2.62. The summed E-state index contributed by atoms with van der Waals surface area (Å²) < 4.78 is 10.6. The van der Waals surface area contributed by atoms with Crippen LogP contribution in [0.2, 0.25) is 0 Å². The molecule has 0 aliphatic heterocycles. The van der Waals surface area contributed by atoms with Crippen LogP contribution >= 0.6 is 34.4 Å². The maximum atomic E-state index is 12.7. The molecule has 0 bridgehead atoms. The van der Waals surface area contributed by atoms with Gasteiger partial charge in [0.25, 0.3) is 0 Å². The molecule has 1 amide bonds. The summed E-state index contributed by atoms with van der Waals surface area (Å²) in [6.45, 7) is 1.87. The van der Waals surface area contributed by atoms with Gasteiger partial charge in [-0.15, -0.1) is 22.7 Å². The maximum Gasteiger partial charge on any atom is 0.234 e. The minimum atomic E-state index is -0.149. The molecule has 0 unspecified atom stereocenters. The number of thioether (sulfide) groups is 1. The van der Waals surface area contributed by atoms with Gasteiger partial charge in [0.1, 0.15) is 27.2 Å². The summed E-state index contributed by atoms with van der Waals surface area (Å²) in [6.07, 6.45) is 0. The minimum Gasteiger partial charge on any atom is -0.497 e. The first-order valence-corrected chi connectivity index (χ1v) is 11.8. The lowest BCUT2D eigenvalue weighted by atomic mass is 10.2. The largest absolute Gasteiger partial charge is 0.497 e. The van der Waals surface area contributed by atoms with Crippen molar-refractivity contribution in [2.24, 2.45) is 0 Å². The van der Waals surface area contributed by atoms with E-state index in [1.165, 1.54) is 16.6 Å². The number of fused-ring (bicyclic) bond motifs is 1. The van der Waals surface area contributed by atoms with E-state index in [2.05, 4.69) is 32.1 Å². The predicted molar refractivity (Wildman–Crippen MR) is 124 cm³/mol.